The highest BCUT2D eigenvalue weighted by molar-refractivity contribution is 7.30. The Morgan fingerprint density at radius 2 is 0.962 bits per heavy atom. The molecule has 11 aromatic rings. The second-order valence-corrected chi connectivity index (χ2v) is 15.4. The van der Waals surface area contributed by atoms with Gasteiger partial charge in [-0.05, 0) is 82.9 Å². The molecule has 52 heavy (non-hydrogen) atoms. The van der Waals surface area contributed by atoms with Crippen molar-refractivity contribution >= 4 is 102 Å². The molecule has 11 rings (SSSR count). The Morgan fingerprint density at radius 3 is 1.77 bits per heavy atom. The van der Waals surface area contributed by atoms with E-state index in [4.69, 9.17) is 4.42 Å². The Kier molecular flexibility index (Phi) is 6.63. The molecule has 0 saturated heterocycles. The van der Waals surface area contributed by atoms with Crippen LogP contribution in [0.5, 0.6) is 0 Å². The van der Waals surface area contributed by atoms with Crippen LogP contribution in [0.15, 0.2) is 180 Å². The summed E-state index contributed by atoms with van der Waals surface area (Å²) in [6.07, 6.45) is 0. The van der Waals surface area contributed by atoms with Crippen molar-refractivity contribution in [3.8, 4) is 22.3 Å². The molecular formula is C48H29NOS2. The molecule has 0 unspecified atom stereocenters. The standard InChI is InChI=1S/C48H29NOS2/c1-2-9-30(10-3-1)31-17-22-34(23-18-31)49(35-24-19-32(20-25-35)33-21-26-37-36-11-4-6-15-42(36)50-43(37)29-33)41-14-8-13-38-39-27-28-45-46(48(39)52-47(38)41)40-12-5-7-16-44(40)51-45/h1-29H. The number of rotatable bonds is 5. The zero-order valence-electron chi connectivity index (χ0n) is 27.9. The van der Waals surface area contributed by atoms with Gasteiger partial charge >= 0.3 is 0 Å². The highest BCUT2D eigenvalue weighted by Crippen LogP contribution is 2.49. The molecule has 0 fully saturated rings. The van der Waals surface area contributed by atoms with Crippen molar-refractivity contribution in [2.45, 2.75) is 0 Å². The fourth-order valence-electron chi connectivity index (χ4n) is 7.79. The van der Waals surface area contributed by atoms with Gasteiger partial charge < -0.3 is 9.32 Å². The molecule has 0 spiro atoms. The smallest absolute Gasteiger partial charge is 0.136 e. The topological polar surface area (TPSA) is 16.4 Å². The quantitative estimate of drug-likeness (QED) is 0.178. The van der Waals surface area contributed by atoms with Crippen LogP contribution in [0.2, 0.25) is 0 Å². The second kappa shape index (κ2) is 11.7. The molecule has 0 atom stereocenters. The van der Waals surface area contributed by atoms with Gasteiger partial charge in [-0.25, -0.2) is 0 Å². The number of benzene rings is 8. The van der Waals surface area contributed by atoms with Crippen LogP contribution in [0.1, 0.15) is 0 Å². The number of nitrogens with zero attached hydrogens (tertiary/aromatic N) is 1. The Morgan fingerprint density at radius 1 is 0.365 bits per heavy atom. The Balaban J connectivity index is 1.08. The summed E-state index contributed by atoms with van der Waals surface area (Å²) in [6, 6.07) is 63.5. The highest BCUT2D eigenvalue weighted by Gasteiger charge is 2.20. The monoisotopic (exact) mass is 699 g/mol. The third kappa shape index (κ3) is 4.62. The summed E-state index contributed by atoms with van der Waals surface area (Å²) in [7, 11) is 0. The lowest BCUT2D eigenvalue weighted by Crippen LogP contribution is -2.10. The number of hydrogen-bond acceptors (Lipinski definition) is 4. The average molecular weight is 700 g/mol. The van der Waals surface area contributed by atoms with E-state index in [-0.39, 0.29) is 0 Å². The lowest BCUT2D eigenvalue weighted by atomic mass is 10.0. The van der Waals surface area contributed by atoms with Crippen molar-refractivity contribution in [2.24, 2.45) is 0 Å². The fraction of sp³-hybridized carbons (Fsp3) is 0. The predicted octanol–water partition coefficient (Wildman–Crippen LogP) is 15.1. The summed E-state index contributed by atoms with van der Waals surface area (Å²) in [5.41, 5.74) is 9.93. The van der Waals surface area contributed by atoms with E-state index in [0.717, 1.165) is 44.4 Å². The summed E-state index contributed by atoms with van der Waals surface area (Å²) < 4.78 is 11.6. The van der Waals surface area contributed by atoms with Crippen molar-refractivity contribution in [2.75, 3.05) is 4.90 Å². The number of para-hydroxylation sites is 1. The minimum absolute atomic E-state index is 0.909. The van der Waals surface area contributed by atoms with Crippen LogP contribution in [0.3, 0.4) is 0 Å². The third-order valence-electron chi connectivity index (χ3n) is 10.3. The molecule has 0 saturated carbocycles. The summed E-state index contributed by atoms with van der Waals surface area (Å²) in [5, 5.41) is 7.60. The maximum Gasteiger partial charge on any atom is 0.136 e. The van der Waals surface area contributed by atoms with Crippen molar-refractivity contribution in [1.82, 2.24) is 0 Å². The largest absolute Gasteiger partial charge is 0.456 e. The van der Waals surface area contributed by atoms with Crippen molar-refractivity contribution < 1.29 is 4.42 Å². The van der Waals surface area contributed by atoms with E-state index in [1.54, 1.807) is 0 Å². The average Bonchev–Trinajstić information content (AvgIpc) is 3.90. The minimum atomic E-state index is 0.909. The van der Waals surface area contributed by atoms with Crippen LogP contribution in [-0.2, 0) is 0 Å². The van der Waals surface area contributed by atoms with E-state index in [1.165, 1.54) is 57.2 Å². The summed E-state index contributed by atoms with van der Waals surface area (Å²) in [5.74, 6) is 0. The minimum Gasteiger partial charge on any atom is -0.456 e. The maximum atomic E-state index is 6.24. The van der Waals surface area contributed by atoms with Gasteiger partial charge in [0.1, 0.15) is 11.2 Å². The molecule has 0 radical (unpaired) electrons. The normalized spacial score (nSPS) is 11.8. The van der Waals surface area contributed by atoms with Crippen molar-refractivity contribution in [1.29, 1.82) is 0 Å². The SMILES string of the molecule is c1ccc(-c2ccc(N(c3ccc(-c4ccc5c(c4)oc4ccccc45)cc3)c3cccc4c3sc3c4ccc4sc5ccccc5c43)cc2)cc1. The molecule has 4 heteroatoms. The summed E-state index contributed by atoms with van der Waals surface area (Å²) in [6.45, 7) is 0. The van der Waals surface area contributed by atoms with Crippen molar-refractivity contribution in [3.63, 3.8) is 0 Å². The van der Waals surface area contributed by atoms with Crippen molar-refractivity contribution in [3.05, 3.63) is 176 Å². The molecule has 0 aliphatic carbocycles. The van der Waals surface area contributed by atoms with Gasteiger partial charge in [0.2, 0.25) is 0 Å². The van der Waals surface area contributed by atoms with Crippen LogP contribution >= 0.6 is 22.7 Å². The van der Waals surface area contributed by atoms with E-state index < -0.39 is 0 Å². The van der Waals surface area contributed by atoms with E-state index >= 15 is 0 Å². The molecule has 244 valence electrons. The third-order valence-corrected chi connectivity index (χ3v) is 12.7. The van der Waals surface area contributed by atoms with Crippen LogP contribution in [0.25, 0.3) is 84.5 Å². The maximum absolute atomic E-state index is 6.24. The molecule has 3 heterocycles. The molecule has 0 amide bonds. The predicted molar refractivity (Wildman–Crippen MR) is 225 cm³/mol. The lowest BCUT2D eigenvalue weighted by molar-refractivity contribution is 0.669. The first-order valence-electron chi connectivity index (χ1n) is 17.5. The van der Waals surface area contributed by atoms with Gasteiger partial charge in [0.25, 0.3) is 0 Å². The Hall–Kier alpha value is -6.20. The van der Waals surface area contributed by atoms with Gasteiger partial charge in [0.15, 0.2) is 0 Å². The summed E-state index contributed by atoms with van der Waals surface area (Å²) >= 11 is 3.79. The number of hydrogen-bond donors (Lipinski definition) is 0. The van der Waals surface area contributed by atoms with E-state index in [0.29, 0.717) is 0 Å². The Bertz CT molecular complexity index is 3110. The van der Waals surface area contributed by atoms with Crippen LogP contribution in [0, 0.1) is 0 Å². The molecule has 2 nitrogen and oxygen atoms in total. The number of furan rings is 1. The Labute approximate surface area is 308 Å². The molecule has 0 bridgehead atoms. The van der Waals surface area contributed by atoms with E-state index in [9.17, 15) is 0 Å². The molecule has 3 aromatic heterocycles. The molecular weight excluding hydrogens is 671 g/mol. The van der Waals surface area contributed by atoms with E-state index in [1.807, 2.05) is 34.8 Å². The molecule has 8 aromatic carbocycles. The zero-order valence-corrected chi connectivity index (χ0v) is 29.5. The first-order valence-corrected chi connectivity index (χ1v) is 19.1. The number of anilines is 3. The first kappa shape index (κ1) is 29.5. The van der Waals surface area contributed by atoms with Gasteiger partial charge in [-0.15, -0.1) is 22.7 Å². The van der Waals surface area contributed by atoms with Crippen LogP contribution in [0.4, 0.5) is 17.1 Å². The zero-order chi connectivity index (χ0) is 34.2. The lowest BCUT2D eigenvalue weighted by Gasteiger charge is -2.26. The summed E-state index contributed by atoms with van der Waals surface area (Å²) in [4.78, 5) is 2.42. The molecule has 0 N–H and O–H groups in total. The van der Waals surface area contributed by atoms with E-state index in [2.05, 4.69) is 169 Å². The first-order chi connectivity index (χ1) is 25.8. The highest BCUT2D eigenvalue weighted by atomic mass is 32.1. The van der Waals surface area contributed by atoms with Crippen LogP contribution < -0.4 is 4.90 Å². The van der Waals surface area contributed by atoms with Gasteiger partial charge in [-0.1, -0.05) is 115 Å². The van der Waals surface area contributed by atoms with Gasteiger partial charge in [-0.3, -0.25) is 0 Å². The number of thiophene rings is 2. The van der Waals surface area contributed by atoms with Crippen LogP contribution in [-0.4, -0.2) is 0 Å². The van der Waals surface area contributed by atoms with Gasteiger partial charge in [0.05, 0.1) is 10.4 Å². The number of fused-ring (bicyclic) bond motifs is 10. The fourth-order valence-corrected chi connectivity index (χ4v) is 10.3. The van der Waals surface area contributed by atoms with Gasteiger partial charge in [0, 0.05) is 57.8 Å². The second-order valence-electron chi connectivity index (χ2n) is 13.3. The molecule has 0 aliphatic heterocycles. The van der Waals surface area contributed by atoms with Gasteiger partial charge in [-0.2, -0.15) is 0 Å². The molecule has 0 aliphatic rings.